The number of nitro benzene ring substituents is 1. The highest BCUT2D eigenvalue weighted by Crippen LogP contribution is 2.40. The summed E-state index contributed by atoms with van der Waals surface area (Å²) in [6, 6.07) is 9.79. The van der Waals surface area contributed by atoms with E-state index in [4.69, 9.17) is 23.2 Å². The largest absolute Gasteiger partial charge is 0.270 e. The van der Waals surface area contributed by atoms with E-state index in [-0.39, 0.29) is 17.2 Å². The zero-order chi connectivity index (χ0) is 19.6. The molecular formula is C16H14Cl2N2O4S3. The Hall–Kier alpha value is -0.970. The summed E-state index contributed by atoms with van der Waals surface area (Å²) < 4.78 is 25.1. The molecule has 1 aliphatic heterocycles. The highest BCUT2D eigenvalue weighted by molar-refractivity contribution is 8.01. The molecule has 1 heterocycles. The minimum Gasteiger partial charge on any atom is -0.258 e. The Labute approximate surface area is 175 Å². The molecule has 0 aliphatic carbocycles. The van der Waals surface area contributed by atoms with Crippen LogP contribution in [-0.2, 0) is 9.84 Å². The van der Waals surface area contributed by atoms with Crippen molar-refractivity contribution >= 4 is 62.4 Å². The van der Waals surface area contributed by atoms with Crippen molar-refractivity contribution in [2.24, 2.45) is 0 Å². The second-order valence-corrected chi connectivity index (χ2v) is 11.2. The number of hydrogen-bond acceptors (Lipinski definition) is 7. The molecule has 3 rings (SSSR count). The molecule has 0 unspecified atom stereocenters. The summed E-state index contributed by atoms with van der Waals surface area (Å²) in [5.41, 5.74) is -0.0180. The van der Waals surface area contributed by atoms with Gasteiger partial charge in [-0.25, -0.2) is 12.7 Å². The lowest BCUT2D eigenvalue weighted by molar-refractivity contribution is -0.385. The summed E-state index contributed by atoms with van der Waals surface area (Å²) >= 11 is 14.8. The molecule has 0 spiro atoms. The molecule has 0 aromatic heterocycles. The van der Waals surface area contributed by atoms with Gasteiger partial charge in [-0.1, -0.05) is 35.0 Å². The van der Waals surface area contributed by atoms with Crippen LogP contribution in [0.25, 0.3) is 0 Å². The predicted octanol–water partition coefficient (Wildman–Crippen LogP) is 4.79. The number of nitrogens with zero attached hydrogens (tertiary/aromatic N) is 2. The molecule has 0 atom stereocenters. The van der Waals surface area contributed by atoms with Gasteiger partial charge in [0.1, 0.15) is 0 Å². The van der Waals surface area contributed by atoms with Gasteiger partial charge in [0.15, 0.2) is 9.84 Å². The highest BCUT2D eigenvalue weighted by atomic mass is 35.5. The number of hydrogen-bond donors (Lipinski definition) is 0. The average molecular weight is 465 g/mol. The molecular weight excluding hydrogens is 451 g/mol. The summed E-state index contributed by atoms with van der Waals surface area (Å²) in [7, 11) is -3.00. The first kappa shape index (κ1) is 20.8. The van der Waals surface area contributed by atoms with E-state index in [0.29, 0.717) is 28.0 Å². The summed E-state index contributed by atoms with van der Waals surface area (Å²) in [5.74, 6) is 0.169. The smallest absolute Gasteiger partial charge is 0.258 e. The fourth-order valence-corrected chi connectivity index (χ4v) is 6.63. The third kappa shape index (κ3) is 5.75. The average Bonchev–Trinajstić information content (AvgIpc) is 2.57. The zero-order valence-electron chi connectivity index (χ0n) is 13.8. The molecule has 0 radical (unpaired) electrons. The van der Waals surface area contributed by atoms with E-state index in [2.05, 4.69) is 0 Å². The minimum absolute atomic E-state index is 0.0180. The summed E-state index contributed by atoms with van der Waals surface area (Å²) in [5, 5.41) is 12.2. The fourth-order valence-electron chi connectivity index (χ4n) is 2.41. The third-order valence-corrected chi connectivity index (χ3v) is 8.11. The lowest BCUT2D eigenvalue weighted by Crippen LogP contribution is -2.36. The van der Waals surface area contributed by atoms with E-state index in [1.807, 2.05) is 4.31 Å². The molecule has 1 fully saturated rings. The maximum Gasteiger partial charge on any atom is 0.270 e. The first-order valence-electron chi connectivity index (χ1n) is 7.77. The molecule has 0 saturated carbocycles. The van der Waals surface area contributed by atoms with E-state index in [9.17, 15) is 18.5 Å². The summed E-state index contributed by atoms with van der Waals surface area (Å²) in [6.45, 7) is 0.756. The maximum atomic E-state index is 11.6. The first-order valence-corrected chi connectivity index (χ1v) is 11.9. The van der Waals surface area contributed by atoms with Gasteiger partial charge in [0.05, 0.1) is 16.4 Å². The molecule has 0 amide bonds. The van der Waals surface area contributed by atoms with Crippen LogP contribution in [0.5, 0.6) is 0 Å². The number of rotatable bonds is 5. The molecule has 0 bridgehead atoms. The second-order valence-electron chi connectivity index (χ2n) is 5.77. The van der Waals surface area contributed by atoms with E-state index in [0.717, 1.165) is 9.79 Å². The van der Waals surface area contributed by atoms with Crippen molar-refractivity contribution < 1.29 is 13.3 Å². The number of sulfone groups is 1. The Morgan fingerprint density at radius 1 is 1.00 bits per heavy atom. The van der Waals surface area contributed by atoms with E-state index in [1.54, 1.807) is 24.3 Å². The Bertz CT molecular complexity index is 951. The lowest BCUT2D eigenvalue weighted by atomic mass is 10.3. The Morgan fingerprint density at radius 3 is 2.22 bits per heavy atom. The monoisotopic (exact) mass is 464 g/mol. The van der Waals surface area contributed by atoms with Crippen molar-refractivity contribution in [2.75, 3.05) is 24.6 Å². The van der Waals surface area contributed by atoms with Gasteiger partial charge in [-0.2, -0.15) is 0 Å². The number of nitro groups is 1. The number of non-ortho nitro benzene ring substituents is 1. The van der Waals surface area contributed by atoms with Crippen molar-refractivity contribution in [3.63, 3.8) is 0 Å². The molecule has 27 heavy (non-hydrogen) atoms. The fraction of sp³-hybridized carbons (Fsp3) is 0.250. The SMILES string of the molecule is O=[N+]([O-])c1ccc(Sc2cc(Cl)cc(Cl)c2)c(SN2CCS(=O)(=O)CC2)c1. The summed E-state index contributed by atoms with van der Waals surface area (Å²) in [6.07, 6.45) is 0. The maximum absolute atomic E-state index is 11.6. The normalized spacial score (nSPS) is 17.0. The molecule has 1 saturated heterocycles. The topological polar surface area (TPSA) is 80.5 Å². The van der Waals surface area contributed by atoms with Crippen LogP contribution in [0.4, 0.5) is 5.69 Å². The standard InChI is InChI=1S/C16H14Cl2N2O4S3/c17-11-7-12(18)9-14(8-11)25-15-2-1-13(20(21)22)10-16(15)26-19-3-5-27(23,24)6-4-19/h1-2,7-10H,3-6H2. The van der Waals surface area contributed by atoms with Crippen LogP contribution >= 0.6 is 46.9 Å². The van der Waals surface area contributed by atoms with Crippen molar-refractivity contribution in [1.82, 2.24) is 4.31 Å². The van der Waals surface area contributed by atoms with E-state index in [1.165, 1.54) is 35.8 Å². The summed E-state index contributed by atoms with van der Waals surface area (Å²) in [4.78, 5) is 13.0. The van der Waals surface area contributed by atoms with Crippen molar-refractivity contribution in [3.05, 3.63) is 56.6 Å². The molecule has 144 valence electrons. The Balaban J connectivity index is 1.87. The predicted molar refractivity (Wildman–Crippen MR) is 110 cm³/mol. The van der Waals surface area contributed by atoms with Crippen molar-refractivity contribution in [1.29, 1.82) is 0 Å². The van der Waals surface area contributed by atoms with Gasteiger partial charge in [-0.3, -0.25) is 10.1 Å². The van der Waals surface area contributed by atoms with Crippen molar-refractivity contribution in [2.45, 2.75) is 14.7 Å². The van der Waals surface area contributed by atoms with Crippen LogP contribution in [0.3, 0.4) is 0 Å². The quantitative estimate of drug-likeness (QED) is 0.357. The molecule has 2 aromatic rings. The molecule has 6 nitrogen and oxygen atoms in total. The molecule has 0 N–H and O–H groups in total. The Morgan fingerprint density at radius 2 is 1.63 bits per heavy atom. The lowest BCUT2D eigenvalue weighted by Gasteiger charge is -2.25. The highest BCUT2D eigenvalue weighted by Gasteiger charge is 2.24. The van der Waals surface area contributed by atoms with Crippen molar-refractivity contribution in [3.8, 4) is 0 Å². The van der Waals surface area contributed by atoms with Crippen LogP contribution in [0.1, 0.15) is 0 Å². The van der Waals surface area contributed by atoms with Gasteiger partial charge in [0.25, 0.3) is 5.69 Å². The number of halogens is 2. The van der Waals surface area contributed by atoms with Crippen LogP contribution in [-0.4, -0.2) is 42.2 Å². The van der Waals surface area contributed by atoms with Crippen LogP contribution < -0.4 is 0 Å². The number of benzene rings is 2. The molecule has 2 aromatic carbocycles. The molecule has 1 aliphatic rings. The van der Waals surface area contributed by atoms with E-state index >= 15 is 0 Å². The first-order chi connectivity index (χ1) is 12.7. The van der Waals surface area contributed by atoms with Crippen LogP contribution in [0.2, 0.25) is 10.0 Å². The van der Waals surface area contributed by atoms with Gasteiger partial charge in [0.2, 0.25) is 0 Å². The van der Waals surface area contributed by atoms with E-state index < -0.39 is 14.8 Å². The van der Waals surface area contributed by atoms with Gasteiger partial charge >= 0.3 is 0 Å². The zero-order valence-corrected chi connectivity index (χ0v) is 17.8. The van der Waals surface area contributed by atoms with Gasteiger partial charge in [-0.15, -0.1) is 0 Å². The second kappa shape index (κ2) is 8.59. The molecule has 11 heteroatoms. The van der Waals surface area contributed by atoms with Gasteiger partial charge in [-0.05, 0) is 36.2 Å². The Kier molecular flexibility index (Phi) is 6.60. The van der Waals surface area contributed by atoms with Crippen LogP contribution in [0, 0.1) is 10.1 Å². The van der Waals surface area contributed by atoms with Gasteiger partial charge in [0, 0.05) is 50.0 Å². The third-order valence-electron chi connectivity index (χ3n) is 3.73. The minimum atomic E-state index is -3.00. The van der Waals surface area contributed by atoms with Crippen LogP contribution in [0.15, 0.2) is 51.1 Å². The van der Waals surface area contributed by atoms with Gasteiger partial charge < -0.3 is 0 Å².